The molecule has 19 heteroatoms. The van der Waals surface area contributed by atoms with E-state index in [9.17, 15) is 43.2 Å². The fourth-order valence-corrected chi connectivity index (χ4v) is 12.3. The fraction of sp³-hybridized carbons (Fsp3) is 0.943. The zero-order chi connectivity index (χ0) is 65.4. The van der Waals surface area contributed by atoms with Gasteiger partial charge in [-0.05, 0) is 25.7 Å². The molecule has 0 bridgehead atoms. The first-order valence-electron chi connectivity index (χ1n) is 36.8. The third-order valence-electron chi connectivity index (χ3n) is 16.4. The first kappa shape index (κ1) is 87.1. The fourth-order valence-electron chi connectivity index (χ4n) is 10.7. The predicted octanol–water partition coefficient (Wildman–Crippen LogP) is 20.3. The highest BCUT2D eigenvalue weighted by atomic mass is 31.2. The van der Waals surface area contributed by atoms with E-state index in [0.717, 1.165) is 103 Å². The van der Waals surface area contributed by atoms with Gasteiger partial charge in [0.05, 0.1) is 26.4 Å². The molecule has 0 radical (unpaired) electrons. The van der Waals surface area contributed by atoms with Crippen molar-refractivity contribution < 1.29 is 80.2 Å². The number of unbranched alkanes of at least 4 members (excludes halogenated alkanes) is 45. The van der Waals surface area contributed by atoms with Gasteiger partial charge in [-0.2, -0.15) is 0 Å². The summed E-state index contributed by atoms with van der Waals surface area (Å²) in [5.41, 5.74) is 0. The Morgan fingerprint density at radius 2 is 0.449 bits per heavy atom. The molecule has 0 spiro atoms. The zero-order valence-electron chi connectivity index (χ0n) is 57.4. The lowest BCUT2D eigenvalue weighted by molar-refractivity contribution is -0.161. The number of carbonyl (C=O) groups is 4. The van der Waals surface area contributed by atoms with Crippen molar-refractivity contribution in [1.82, 2.24) is 0 Å². The van der Waals surface area contributed by atoms with Crippen LogP contribution in [-0.2, 0) is 65.4 Å². The lowest BCUT2D eigenvalue weighted by Crippen LogP contribution is -2.30. The van der Waals surface area contributed by atoms with Crippen LogP contribution in [0.1, 0.15) is 368 Å². The van der Waals surface area contributed by atoms with E-state index in [1.165, 1.54) is 186 Å². The highest BCUT2D eigenvalue weighted by Gasteiger charge is 2.30. The summed E-state index contributed by atoms with van der Waals surface area (Å²) in [6, 6.07) is 0. The van der Waals surface area contributed by atoms with Gasteiger partial charge in [0, 0.05) is 25.7 Å². The second-order valence-electron chi connectivity index (χ2n) is 25.3. The molecule has 528 valence electrons. The Morgan fingerprint density at radius 1 is 0.270 bits per heavy atom. The van der Waals surface area contributed by atoms with Crippen LogP contribution in [0.3, 0.4) is 0 Å². The maximum atomic E-state index is 13.0. The lowest BCUT2D eigenvalue weighted by atomic mass is 10.0. The Hall–Kier alpha value is -1.94. The summed E-state index contributed by atoms with van der Waals surface area (Å²) < 4.78 is 68.1. The Kier molecular flexibility index (Phi) is 63.3. The largest absolute Gasteiger partial charge is 0.472 e. The van der Waals surface area contributed by atoms with E-state index in [1.807, 2.05) is 0 Å². The lowest BCUT2D eigenvalue weighted by Gasteiger charge is -2.21. The molecule has 3 N–H and O–H groups in total. The molecule has 0 saturated carbocycles. The van der Waals surface area contributed by atoms with Gasteiger partial charge in [0.2, 0.25) is 0 Å². The summed E-state index contributed by atoms with van der Waals surface area (Å²) in [6.45, 7) is 4.87. The molecular weight excluding hydrogens is 1170 g/mol. The van der Waals surface area contributed by atoms with Gasteiger partial charge in [0.15, 0.2) is 12.2 Å². The number of hydrogen-bond acceptors (Lipinski definition) is 15. The minimum atomic E-state index is -4.95. The standard InChI is InChI=1S/C70H136O17P2/c1-5-9-13-17-21-25-27-28-29-30-31-32-33-34-35-36-37-39-41-45-49-53-57-70(75)87-66(61-81-68(73)55-51-47-44-40-38-26-22-18-14-10-6-2)63-85-89(78,79)83-59-64(71)58-82-88(76,77)84-62-65(86-69(74)56-52-48-43-24-20-16-12-8-4)60-80-67(72)54-50-46-42-23-19-15-11-7-3/h64-66,71H,5-63H2,1-4H3,(H,76,77)(H,78,79)/t64-,65+,66+/m0/s1. The van der Waals surface area contributed by atoms with Gasteiger partial charge < -0.3 is 33.8 Å². The SMILES string of the molecule is CCCCCCCCCCCCCCCCCCCCCCCCC(=O)O[C@H](COC(=O)CCCCCCCCCCCCC)COP(=O)(O)OC[C@@H](O)COP(=O)(O)OC[C@@H](COC(=O)CCCCCCCCCC)OC(=O)CCCCCCCCCC. The molecule has 0 aromatic heterocycles. The van der Waals surface area contributed by atoms with Crippen LogP contribution in [0.25, 0.3) is 0 Å². The Balaban J connectivity index is 5.09. The van der Waals surface area contributed by atoms with Gasteiger partial charge in [-0.25, -0.2) is 9.13 Å². The molecule has 0 aromatic carbocycles. The topological polar surface area (TPSA) is 237 Å². The van der Waals surface area contributed by atoms with Crippen molar-refractivity contribution in [1.29, 1.82) is 0 Å². The zero-order valence-corrected chi connectivity index (χ0v) is 59.2. The van der Waals surface area contributed by atoms with Crippen molar-refractivity contribution in [2.45, 2.75) is 386 Å². The second-order valence-corrected chi connectivity index (χ2v) is 28.2. The Labute approximate surface area is 543 Å². The van der Waals surface area contributed by atoms with Crippen molar-refractivity contribution in [2.75, 3.05) is 39.6 Å². The van der Waals surface area contributed by atoms with E-state index in [-0.39, 0.29) is 25.7 Å². The van der Waals surface area contributed by atoms with E-state index >= 15 is 0 Å². The van der Waals surface area contributed by atoms with Crippen LogP contribution in [0, 0.1) is 0 Å². The van der Waals surface area contributed by atoms with Crippen LogP contribution in [-0.4, -0.2) is 96.7 Å². The third-order valence-corrected chi connectivity index (χ3v) is 18.3. The molecule has 5 atom stereocenters. The van der Waals surface area contributed by atoms with Crippen molar-refractivity contribution in [3.05, 3.63) is 0 Å². The third kappa shape index (κ3) is 64.6. The van der Waals surface area contributed by atoms with Crippen LogP contribution in [0.4, 0.5) is 0 Å². The second kappa shape index (κ2) is 64.8. The molecular formula is C70H136O17P2. The van der Waals surface area contributed by atoms with Crippen molar-refractivity contribution >= 4 is 39.5 Å². The van der Waals surface area contributed by atoms with Gasteiger partial charge in [0.1, 0.15) is 19.3 Å². The summed E-state index contributed by atoms with van der Waals surface area (Å²) in [6.07, 6.45) is 53.0. The minimum Gasteiger partial charge on any atom is -0.462 e. The van der Waals surface area contributed by atoms with E-state index in [0.29, 0.717) is 25.7 Å². The molecule has 0 rings (SSSR count). The Morgan fingerprint density at radius 3 is 0.663 bits per heavy atom. The summed E-state index contributed by atoms with van der Waals surface area (Å²) in [4.78, 5) is 72.3. The van der Waals surface area contributed by atoms with Gasteiger partial charge in [-0.15, -0.1) is 0 Å². The molecule has 89 heavy (non-hydrogen) atoms. The Bertz CT molecular complexity index is 1710. The first-order valence-corrected chi connectivity index (χ1v) is 39.8. The highest BCUT2D eigenvalue weighted by Crippen LogP contribution is 2.45. The number of esters is 4. The molecule has 0 saturated heterocycles. The van der Waals surface area contributed by atoms with Crippen LogP contribution in [0.2, 0.25) is 0 Å². The maximum absolute atomic E-state index is 13.0. The number of aliphatic hydroxyl groups is 1. The van der Waals surface area contributed by atoms with Crippen LogP contribution in [0.15, 0.2) is 0 Å². The van der Waals surface area contributed by atoms with Gasteiger partial charge >= 0.3 is 39.5 Å². The van der Waals surface area contributed by atoms with Gasteiger partial charge in [-0.1, -0.05) is 317 Å². The number of hydrogen-bond donors (Lipinski definition) is 3. The average molecular weight is 1310 g/mol. The number of carbonyl (C=O) groups excluding carboxylic acids is 4. The number of phosphoric ester groups is 2. The van der Waals surface area contributed by atoms with Crippen LogP contribution >= 0.6 is 15.6 Å². The highest BCUT2D eigenvalue weighted by molar-refractivity contribution is 7.47. The number of aliphatic hydroxyl groups excluding tert-OH is 1. The molecule has 0 aromatic rings. The van der Waals surface area contributed by atoms with E-state index in [4.69, 9.17) is 37.0 Å². The van der Waals surface area contributed by atoms with Crippen molar-refractivity contribution in [3.8, 4) is 0 Å². The molecule has 0 aliphatic heterocycles. The molecule has 2 unspecified atom stereocenters. The van der Waals surface area contributed by atoms with E-state index < -0.39 is 97.5 Å². The van der Waals surface area contributed by atoms with E-state index in [1.54, 1.807) is 0 Å². The molecule has 17 nitrogen and oxygen atoms in total. The summed E-state index contributed by atoms with van der Waals surface area (Å²) in [5, 5.41) is 10.6. The van der Waals surface area contributed by atoms with Crippen LogP contribution < -0.4 is 0 Å². The van der Waals surface area contributed by atoms with E-state index in [2.05, 4.69) is 27.7 Å². The number of phosphoric acid groups is 2. The van der Waals surface area contributed by atoms with Crippen molar-refractivity contribution in [3.63, 3.8) is 0 Å². The molecule has 0 aliphatic carbocycles. The monoisotopic (exact) mass is 1310 g/mol. The minimum absolute atomic E-state index is 0.105. The maximum Gasteiger partial charge on any atom is 0.472 e. The van der Waals surface area contributed by atoms with Crippen LogP contribution in [0.5, 0.6) is 0 Å². The van der Waals surface area contributed by atoms with Gasteiger partial charge in [0.25, 0.3) is 0 Å². The predicted molar refractivity (Wildman–Crippen MR) is 359 cm³/mol. The molecule has 0 fully saturated rings. The quantitative estimate of drug-likeness (QED) is 0.0222. The smallest absolute Gasteiger partial charge is 0.462 e. The summed E-state index contributed by atoms with van der Waals surface area (Å²) in [7, 11) is -9.89. The number of ether oxygens (including phenoxy) is 4. The molecule has 0 amide bonds. The first-order chi connectivity index (χ1) is 43.2. The average Bonchev–Trinajstić information content (AvgIpc) is 3.72. The summed E-state index contributed by atoms with van der Waals surface area (Å²) >= 11 is 0. The molecule has 0 heterocycles. The van der Waals surface area contributed by atoms with Gasteiger partial charge in [-0.3, -0.25) is 37.3 Å². The summed E-state index contributed by atoms with van der Waals surface area (Å²) in [5.74, 6) is -2.13. The normalized spacial score (nSPS) is 14.0. The number of rotatable bonds is 71. The molecule has 0 aliphatic rings. The van der Waals surface area contributed by atoms with Crippen molar-refractivity contribution in [2.24, 2.45) is 0 Å².